The van der Waals surface area contributed by atoms with Crippen LogP contribution in [0.1, 0.15) is 31.9 Å². The van der Waals surface area contributed by atoms with Gasteiger partial charge in [-0.2, -0.15) is 0 Å². The zero-order chi connectivity index (χ0) is 20.8. The minimum atomic E-state index is -0.216. The van der Waals surface area contributed by atoms with Gasteiger partial charge >= 0.3 is 0 Å². The lowest BCUT2D eigenvalue weighted by Gasteiger charge is -2.34. The monoisotopic (exact) mass is 394 g/mol. The standard InChI is InChI=1S/C23H26N2O4/c1-15-5-8-19-18(11-15)24(9-10-28-19)21(26)13-25-17-7-6-16(23(2,3)4)12-20(17)29-14-22(25)27/h5-8,11-12H,9-10,13-14H2,1-4H3. The molecule has 0 unspecified atom stereocenters. The Labute approximate surface area is 171 Å². The summed E-state index contributed by atoms with van der Waals surface area (Å²) in [7, 11) is 0. The number of carbonyl (C=O) groups excluding carboxylic acids is 2. The van der Waals surface area contributed by atoms with Gasteiger partial charge in [-0.05, 0) is 47.7 Å². The van der Waals surface area contributed by atoms with Crippen LogP contribution in [0.2, 0.25) is 0 Å². The zero-order valence-corrected chi connectivity index (χ0v) is 17.3. The Bertz CT molecular complexity index is 977. The Balaban J connectivity index is 1.62. The first-order chi connectivity index (χ1) is 13.7. The van der Waals surface area contributed by atoms with Crippen LogP contribution in [0.4, 0.5) is 11.4 Å². The van der Waals surface area contributed by atoms with Crippen LogP contribution >= 0.6 is 0 Å². The molecule has 0 radical (unpaired) electrons. The van der Waals surface area contributed by atoms with Crippen LogP contribution < -0.4 is 19.3 Å². The van der Waals surface area contributed by atoms with Crippen molar-refractivity contribution in [2.24, 2.45) is 0 Å². The van der Waals surface area contributed by atoms with E-state index in [0.29, 0.717) is 30.3 Å². The molecule has 2 amide bonds. The van der Waals surface area contributed by atoms with Crippen LogP contribution in [0.3, 0.4) is 0 Å². The van der Waals surface area contributed by atoms with Gasteiger partial charge in [0.25, 0.3) is 5.91 Å². The molecule has 29 heavy (non-hydrogen) atoms. The molecular weight excluding hydrogens is 368 g/mol. The Kier molecular flexibility index (Phi) is 4.73. The third kappa shape index (κ3) is 3.67. The number of nitrogens with zero attached hydrogens (tertiary/aromatic N) is 2. The second kappa shape index (κ2) is 7.10. The Hall–Kier alpha value is -3.02. The van der Waals surface area contributed by atoms with Crippen LogP contribution in [-0.4, -0.2) is 38.1 Å². The average molecular weight is 394 g/mol. The van der Waals surface area contributed by atoms with Crippen molar-refractivity contribution in [1.82, 2.24) is 0 Å². The first kappa shape index (κ1) is 19.3. The fraction of sp³-hybridized carbons (Fsp3) is 0.391. The number of benzene rings is 2. The molecule has 0 bridgehead atoms. The van der Waals surface area contributed by atoms with Gasteiger partial charge in [0.2, 0.25) is 5.91 Å². The van der Waals surface area contributed by atoms with E-state index in [1.54, 1.807) is 4.90 Å². The zero-order valence-electron chi connectivity index (χ0n) is 17.3. The number of amides is 2. The number of rotatable bonds is 2. The van der Waals surface area contributed by atoms with Gasteiger partial charge in [0.1, 0.15) is 24.7 Å². The predicted octanol–water partition coefficient (Wildman–Crippen LogP) is 3.44. The molecule has 0 N–H and O–H groups in total. The number of aryl methyl sites for hydroxylation is 1. The van der Waals surface area contributed by atoms with E-state index in [-0.39, 0.29) is 30.4 Å². The minimum absolute atomic E-state index is 0.0303. The number of hydrogen-bond acceptors (Lipinski definition) is 4. The molecule has 4 rings (SSSR count). The van der Waals surface area contributed by atoms with Crippen LogP contribution in [-0.2, 0) is 15.0 Å². The number of carbonyl (C=O) groups is 2. The lowest BCUT2D eigenvalue weighted by atomic mass is 9.86. The molecule has 6 heteroatoms. The van der Waals surface area contributed by atoms with Crippen molar-refractivity contribution in [3.63, 3.8) is 0 Å². The van der Waals surface area contributed by atoms with Gasteiger partial charge in [-0.1, -0.05) is 32.9 Å². The molecule has 2 aromatic rings. The average Bonchev–Trinajstić information content (AvgIpc) is 2.68. The summed E-state index contributed by atoms with van der Waals surface area (Å²) in [5.74, 6) is 0.982. The van der Waals surface area contributed by atoms with Crippen molar-refractivity contribution >= 4 is 23.2 Å². The Morgan fingerprint density at radius 3 is 2.59 bits per heavy atom. The molecule has 2 aliphatic rings. The fourth-order valence-corrected chi connectivity index (χ4v) is 3.65. The first-order valence-corrected chi connectivity index (χ1v) is 9.85. The van der Waals surface area contributed by atoms with E-state index in [1.165, 1.54) is 4.90 Å². The summed E-state index contributed by atoms with van der Waals surface area (Å²) >= 11 is 0. The third-order valence-corrected chi connectivity index (χ3v) is 5.34. The smallest absolute Gasteiger partial charge is 0.265 e. The van der Waals surface area contributed by atoms with E-state index in [0.717, 1.165) is 16.8 Å². The maximum absolute atomic E-state index is 13.2. The molecular formula is C23H26N2O4. The summed E-state index contributed by atoms with van der Waals surface area (Å²) in [5.41, 5.74) is 3.53. The molecule has 152 valence electrons. The molecule has 2 aliphatic heterocycles. The summed E-state index contributed by atoms with van der Waals surface area (Å²) in [5, 5.41) is 0. The van der Waals surface area contributed by atoms with Crippen LogP contribution in [0, 0.1) is 6.92 Å². The van der Waals surface area contributed by atoms with Gasteiger partial charge in [0, 0.05) is 0 Å². The molecule has 0 aliphatic carbocycles. The van der Waals surface area contributed by atoms with E-state index in [2.05, 4.69) is 20.8 Å². The number of anilines is 2. The summed E-state index contributed by atoms with van der Waals surface area (Å²) in [4.78, 5) is 29.0. The lowest BCUT2D eigenvalue weighted by Crippen LogP contribution is -2.48. The molecule has 6 nitrogen and oxygen atoms in total. The number of hydrogen-bond donors (Lipinski definition) is 0. The highest BCUT2D eigenvalue weighted by Crippen LogP contribution is 2.37. The van der Waals surface area contributed by atoms with Crippen LogP contribution in [0.5, 0.6) is 11.5 Å². The van der Waals surface area contributed by atoms with Gasteiger partial charge in [-0.25, -0.2) is 0 Å². The number of fused-ring (bicyclic) bond motifs is 2. The second-order valence-electron chi connectivity index (χ2n) is 8.57. The van der Waals surface area contributed by atoms with E-state index < -0.39 is 0 Å². The predicted molar refractivity (Wildman–Crippen MR) is 112 cm³/mol. The third-order valence-electron chi connectivity index (χ3n) is 5.34. The molecule has 0 saturated heterocycles. The largest absolute Gasteiger partial charge is 0.490 e. The number of ether oxygens (including phenoxy) is 2. The molecule has 2 heterocycles. The molecule has 0 fully saturated rings. The Morgan fingerprint density at radius 1 is 1.03 bits per heavy atom. The molecule has 0 aromatic heterocycles. The summed E-state index contributed by atoms with van der Waals surface area (Å²) in [6.45, 7) is 9.16. The van der Waals surface area contributed by atoms with E-state index >= 15 is 0 Å². The summed E-state index contributed by atoms with van der Waals surface area (Å²) < 4.78 is 11.3. The maximum atomic E-state index is 13.2. The molecule has 0 atom stereocenters. The van der Waals surface area contributed by atoms with Crippen molar-refractivity contribution in [3.8, 4) is 11.5 Å². The quantitative estimate of drug-likeness (QED) is 0.783. The lowest BCUT2D eigenvalue weighted by molar-refractivity contribution is -0.124. The highest BCUT2D eigenvalue weighted by Gasteiger charge is 2.32. The second-order valence-corrected chi connectivity index (χ2v) is 8.57. The molecule has 2 aromatic carbocycles. The maximum Gasteiger partial charge on any atom is 0.265 e. The Morgan fingerprint density at radius 2 is 1.83 bits per heavy atom. The van der Waals surface area contributed by atoms with Crippen molar-refractivity contribution in [3.05, 3.63) is 47.5 Å². The normalized spacial score (nSPS) is 15.9. The van der Waals surface area contributed by atoms with Gasteiger partial charge in [0.05, 0.1) is 17.9 Å². The van der Waals surface area contributed by atoms with E-state index in [1.807, 2.05) is 43.3 Å². The summed E-state index contributed by atoms with van der Waals surface area (Å²) in [6, 6.07) is 11.6. The fourth-order valence-electron chi connectivity index (χ4n) is 3.65. The van der Waals surface area contributed by atoms with Crippen molar-refractivity contribution < 1.29 is 19.1 Å². The molecule has 0 saturated carbocycles. The summed E-state index contributed by atoms with van der Waals surface area (Å²) in [6.07, 6.45) is 0. The van der Waals surface area contributed by atoms with Gasteiger partial charge in [-0.3, -0.25) is 14.5 Å². The van der Waals surface area contributed by atoms with E-state index in [4.69, 9.17) is 9.47 Å². The van der Waals surface area contributed by atoms with Crippen LogP contribution in [0.15, 0.2) is 36.4 Å². The van der Waals surface area contributed by atoms with Gasteiger partial charge < -0.3 is 14.4 Å². The minimum Gasteiger partial charge on any atom is -0.490 e. The van der Waals surface area contributed by atoms with Crippen molar-refractivity contribution in [2.45, 2.75) is 33.1 Å². The first-order valence-electron chi connectivity index (χ1n) is 9.85. The van der Waals surface area contributed by atoms with Crippen molar-refractivity contribution in [1.29, 1.82) is 0 Å². The molecule has 0 spiro atoms. The highest BCUT2D eigenvalue weighted by atomic mass is 16.5. The van der Waals surface area contributed by atoms with Crippen molar-refractivity contribution in [2.75, 3.05) is 36.1 Å². The van der Waals surface area contributed by atoms with Gasteiger partial charge in [0.15, 0.2) is 6.61 Å². The SMILES string of the molecule is Cc1ccc2c(c1)N(C(=O)CN1C(=O)COc3cc(C(C)(C)C)ccc31)CCO2. The highest BCUT2D eigenvalue weighted by molar-refractivity contribution is 6.06. The topological polar surface area (TPSA) is 59.1 Å². The van der Waals surface area contributed by atoms with E-state index in [9.17, 15) is 9.59 Å². The van der Waals surface area contributed by atoms with Crippen LogP contribution in [0.25, 0.3) is 0 Å². The van der Waals surface area contributed by atoms with Gasteiger partial charge in [-0.15, -0.1) is 0 Å².